The number of rotatable bonds is 5. The van der Waals surface area contributed by atoms with Gasteiger partial charge in [-0.25, -0.2) is 14.4 Å². The van der Waals surface area contributed by atoms with E-state index in [1.807, 2.05) is 50.4 Å². The molecule has 1 N–H and O–H groups in total. The Bertz CT molecular complexity index is 1130. The first-order valence-electron chi connectivity index (χ1n) is 9.01. The Balaban J connectivity index is 1.84. The van der Waals surface area contributed by atoms with E-state index in [9.17, 15) is 4.39 Å². The summed E-state index contributed by atoms with van der Waals surface area (Å²) in [6.07, 6.45) is 3.45. The zero-order valence-electron chi connectivity index (χ0n) is 15.6. The van der Waals surface area contributed by atoms with Gasteiger partial charge in [-0.3, -0.25) is 4.98 Å². The number of ether oxygens (including phenoxy) is 1. The van der Waals surface area contributed by atoms with Gasteiger partial charge >= 0.3 is 0 Å². The van der Waals surface area contributed by atoms with Crippen molar-refractivity contribution in [3.8, 4) is 28.3 Å². The molecule has 2 aromatic carbocycles. The molecule has 0 spiro atoms. The van der Waals surface area contributed by atoms with E-state index in [0.29, 0.717) is 24.0 Å². The van der Waals surface area contributed by atoms with E-state index in [1.54, 1.807) is 12.4 Å². The molecule has 0 aliphatic carbocycles. The molecule has 0 radical (unpaired) electrons. The number of halogens is 1. The molecule has 0 saturated carbocycles. The second-order valence-corrected chi connectivity index (χ2v) is 6.23. The van der Waals surface area contributed by atoms with Gasteiger partial charge in [0.25, 0.3) is 0 Å². The molecule has 4 rings (SSSR count). The van der Waals surface area contributed by atoms with Crippen molar-refractivity contribution < 1.29 is 9.13 Å². The van der Waals surface area contributed by atoms with E-state index in [0.717, 1.165) is 27.6 Å². The molecule has 2 heterocycles. The van der Waals surface area contributed by atoms with Gasteiger partial charge < -0.3 is 10.1 Å². The van der Waals surface area contributed by atoms with Gasteiger partial charge in [0.15, 0.2) is 5.82 Å². The highest BCUT2D eigenvalue weighted by molar-refractivity contribution is 5.94. The number of pyridine rings is 1. The highest BCUT2D eigenvalue weighted by Crippen LogP contribution is 2.31. The summed E-state index contributed by atoms with van der Waals surface area (Å²) in [6.45, 7) is 2.35. The number of nitrogens with one attached hydrogen (secondary N) is 1. The monoisotopic (exact) mass is 374 g/mol. The minimum Gasteiger partial charge on any atom is -0.494 e. The normalized spacial score (nSPS) is 10.8. The number of hydrogen-bond donors (Lipinski definition) is 1. The minimum absolute atomic E-state index is 0.335. The van der Waals surface area contributed by atoms with Crippen LogP contribution in [0.3, 0.4) is 0 Å². The van der Waals surface area contributed by atoms with Gasteiger partial charge in [-0.15, -0.1) is 0 Å². The largest absolute Gasteiger partial charge is 0.494 e. The average Bonchev–Trinajstić information content (AvgIpc) is 2.73. The molecule has 140 valence electrons. The highest BCUT2D eigenvalue weighted by atomic mass is 19.1. The maximum absolute atomic E-state index is 14.0. The summed E-state index contributed by atoms with van der Waals surface area (Å²) in [5.41, 5.74) is 3.24. The van der Waals surface area contributed by atoms with E-state index in [2.05, 4.69) is 20.3 Å². The van der Waals surface area contributed by atoms with Crippen molar-refractivity contribution in [2.75, 3.05) is 19.0 Å². The lowest BCUT2D eigenvalue weighted by atomic mass is 10.0. The number of fused-ring (bicyclic) bond motifs is 1. The molecule has 0 amide bonds. The van der Waals surface area contributed by atoms with Crippen LogP contribution in [0.1, 0.15) is 6.92 Å². The van der Waals surface area contributed by atoms with E-state index >= 15 is 0 Å². The van der Waals surface area contributed by atoms with Crippen LogP contribution in [0.2, 0.25) is 0 Å². The molecule has 0 fully saturated rings. The van der Waals surface area contributed by atoms with Crippen molar-refractivity contribution in [1.29, 1.82) is 0 Å². The molecule has 28 heavy (non-hydrogen) atoms. The number of hydrogen-bond acceptors (Lipinski definition) is 5. The fourth-order valence-corrected chi connectivity index (χ4v) is 3.10. The predicted molar refractivity (Wildman–Crippen MR) is 109 cm³/mol. The van der Waals surface area contributed by atoms with Crippen LogP contribution in [0.15, 0.2) is 60.9 Å². The minimum atomic E-state index is -0.335. The first-order chi connectivity index (χ1) is 13.7. The fourth-order valence-electron chi connectivity index (χ4n) is 3.10. The quantitative estimate of drug-likeness (QED) is 0.536. The van der Waals surface area contributed by atoms with Gasteiger partial charge in [0.1, 0.15) is 17.4 Å². The molecular formula is C22H19FN4O. The SMILES string of the molecule is CCOc1cc(F)cc(-c2ccc3nc(-c4cccnc4)nc(NC)c3c2)c1. The number of anilines is 1. The third-order valence-corrected chi connectivity index (χ3v) is 4.37. The lowest BCUT2D eigenvalue weighted by Gasteiger charge is -2.11. The summed E-state index contributed by atoms with van der Waals surface area (Å²) < 4.78 is 19.5. The standard InChI is InChI=1S/C22H19FN4O/c1-3-28-18-10-16(9-17(23)12-18)14-6-7-20-19(11-14)22(24-2)27-21(26-20)15-5-4-8-25-13-15/h4-13H,3H2,1-2H3,(H,24,26,27). The van der Waals surface area contributed by atoms with Crippen LogP contribution in [0.4, 0.5) is 10.2 Å². The van der Waals surface area contributed by atoms with E-state index in [1.165, 1.54) is 12.1 Å². The fraction of sp³-hybridized carbons (Fsp3) is 0.136. The van der Waals surface area contributed by atoms with Gasteiger partial charge in [-0.05, 0) is 54.4 Å². The maximum Gasteiger partial charge on any atom is 0.163 e. The second-order valence-electron chi connectivity index (χ2n) is 6.23. The van der Waals surface area contributed by atoms with Gasteiger partial charge in [-0.2, -0.15) is 0 Å². The van der Waals surface area contributed by atoms with Crippen molar-refractivity contribution in [2.24, 2.45) is 0 Å². The van der Waals surface area contributed by atoms with Crippen molar-refractivity contribution in [2.45, 2.75) is 6.92 Å². The Morgan fingerprint density at radius 3 is 2.64 bits per heavy atom. The first-order valence-corrected chi connectivity index (χ1v) is 9.01. The van der Waals surface area contributed by atoms with E-state index in [4.69, 9.17) is 4.74 Å². The molecule has 0 bridgehead atoms. The summed E-state index contributed by atoms with van der Waals surface area (Å²) in [6, 6.07) is 14.3. The maximum atomic E-state index is 14.0. The molecule has 0 aliphatic rings. The van der Waals surface area contributed by atoms with Gasteiger partial charge in [0.2, 0.25) is 0 Å². The first kappa shape index (κ1) is 17.9. The lowest BCUT2D eigenvalue weighted by Crippen LogP contribution is -1.99. The Labute approximate surface area is 162 Å². The van der Waals surface area contributed by atoms with Crippen molar-refractivity contribution in [3.05, 3.63) is 66.7 Å². The van der Waals surface area contributed by atoms with Crippen molar-refractivity contribution in [1.82, 2.24) is 15.0 Å². The van der Waals surface area contributed by atoms with Gasteiger partial charge in [0.05, 0.1) is 12.1 Å². The van der Waals surface area contributed by atoms with Gasteiger partial charge in [-0.1, -0.05) is 6.07 Å². The van der Waals surface area contributed by atoms with Crippen LogP contribution < -0.4 is 10.1 Å². The Morgan fingerprint density at radius 1 is 1.00 bits per heavy atom. The van der Waals surface area contributed by atoms with Gasteiger partial charge in [0, 0.05) is 36.5 Å². The molecule has 0 unspecified atom stereocenters. The van der Waals surface area contributed by atoms with E-state index in [-0.39, 0.29) is 5.82 Å². The lowest BCUT2D eigenvalue weighted by molar-refractivity contribution is 0.338. The second kappa shape index (κ2) is 7.60. The molecule has 0 atom stereocenters. The Morgan fingerprint density at radius 2 is 1.89 bits per heavy atom. The van der Waals surface area contributed by atoms with Crippen LogP contribution in [-0.2, 0) is 0 Å². The highest BCUT2D eigenvalue weighted by Gasteiger charge is 2.11. The molecule has 2 aromatic heterocycles. The molecule has 0 saturated heterocycles. The number of aromatic nitrogens is 3. The topological polar surface area (TPSA) is 59.9 Å². The smallest absolute Gasteiger partial charge is 0.163 e. The Hall–Kier alpha value is -3.54. The van der Waals surface area contributed by atoms with Crippen molar-refractivity contribution >= 4 is 16.7 Å². The Kier molecular flexibility index (Phi) is 4.85. The van der Waals surface area contributed by atoms with Crippen LogP contribution in [0.5, 0.6) is 5.75 Å². The molecule has 6 heteroatoms. The number of benzene rings is 2. The summed E-state index contributed by atoms with van der Waals surface area (Å²) in [5.74, 6) is 1.47. The van der Waals surface area contributed by atoms with Crippen molar-refractivity contribution in [3.63, 3.8) is 0 Å². The summed E-state index contributed by atoms with van der Waals surface area (Å²) in [4.78, 5) is 13.4. The third-order valence-electron chi connectivity index (χ3n) is 4.37. The molecule has 5 nitrogen and oxygen atoms in total. The molecule has 0 aliphatic heterocycles. The zero-order valence-corrected chi connectivity index (χ0v) is 15.6. The van der Waals surface area contributed by atoms with Crippen LogP contribution >= 0.6 is 0 Å². The summed E-state index contributed by atoms with van der Waals surface area (Å²) >= 11 is 0. The zero-order chi connectivity index (χ0) is 19.5. The predicted octanol–water partition coefficient (Wildman–Crippen LogP) is 4.94. The summed E-state index contributed by atoms with van der Waals surface area (Å²) in [5, 5.41) is 3.99. The molecular weight excluding hydrogens is 355 g/mol. The van der Waals surface area contributed by atoms with Crippen LogP contribution in [0, 0.1) is 5.82 Å². The third kappa shape index (κ3) is 3.49. The number of nitrogens with zero attached hydrogens (tertiary/aromatic N) is 3. The molecule has 4 aromatic rings. The average molecular weight is 374 g/mol. The van der Waals surface area contributed by atoms with Crippen LogP contribution in [0.25, 0.3) is 33.4 Å². The summed E-state index contributed by atoms with van der Waals surface area (Å²) in [7, 11) is 1.82. The van der Waals surface area contributed by atoms with Crippen LogP contribution in [-0.4, -0.2) is 28.6 Å². The van der Waals surface area contributed by atoms with E-state index < -0.39 is 0 Å².